The average Bonchev–Trinajstić information content (AvgIpc) is 3.17. The molecule has 0 atom stereocenters. The molecular formula is C26H29N5O2S. The highest BCUT2D eigenvalue weighted by molar-refractivity contribution is 7.99. The number of aromatic nitrogens is 4. The highest BCUT2D eigenvalue weighted by Crippen LogP contribution is 2.22. The van der Waals surface area contributed by atoms with Gasteiger partial charge in [-0.05, 0) is 50.5 Å². The molecule has 34 heavy (non-hydrogen) atoms. The molecule has 0 aliphatic carbocycles. The van der Waals surface area contributed by atoms with E-state index in [0.717, 1.165) is 23.2 Å². The smallest absolute Gasteiger partial charge is 0.280 e. The van der Waals surface area contributed by atoms with Gasteiger partial charge in [-0.2, -0.15) is 5.10 Å². The standard InChI is InChI=1S/C26H29N5O2S/c1-5-19-11-13-21(14-12-19)27-22(32)16-34-26-28-23-18(4)29-31(6-2)24(23)25(33)30(26)15-20-9-7-17(3)8-10-20/h7-14H,5-6,15-16H2,1-4H3,(H,27,32). The first-order valence-electron chi connectivity index (χ1n) is 11.4. The van der Waals surface area contributed by atoms with Crippen LogP contribution in [0.2, 0.25) is 0 Å². The first-order valence-corrected chi connectivity index (χ1v) is 12.4. The lowest BCUT2D eigenvalue weighted by Gasteiger charge is -2.13. The molecule has 0 saturated heterocycles. The quantitative estimate of drug-likeness (QED) is 0.298. The van der Waals surface area contributed by atoms with Crippen molar-refractivity contribution in [3.63, 3.8) is 0 Å². The van der Waals surface area contributed by atoms with E-state index in [1.807, 2.05) is 69.3 Å². The number of anilines is 1. The van der Waals surface area contributed by atoms with E-state index in [1.54, 1.807) is 9.25 Å². The van der Waals surface area contributed by atoms with Gasteiger partial charge in [0.1, 0.15) is 5.52 Å². The molecule has 0 unspecified atom stereocenters. The number of rotatable bonds is 8. The van der Waals surface area contributed by atoms with E-state index < -0.39 is 0 Å². The molecule has 176 valence electrons. The molecule has 8 heteroatoms. The Bertz CT molecular complexity index is 1370. The maximum absolute atomic E-state index is 13.6. The number of carbonyl (C=O) groups excluding carboxylic acids is 1. The summed E-state index contributed by atoms with van der Waals surface area (Å²) in [6.07, 6.45) is 0.949. The molecule has 2 aromatic heterocycles. The van der Waals surface area contributed by atoms with Crippen molar-refractivity contribution in [2.24, 2.45) is 0 Å². The fraction of sp³-hybridized carbons (Fsp3) is 0.308. The molecule has 2 aromatic carbocycles. The number of amides is 1. The zero-order valence-electron chi connectivity index (χ0n) is 20.0. The number of benzene rings is 2. The lowest BCUT2D eigenvalue weighted by Crippen LogP contribution is -2.26. The maximum atomic E-state index is 13.6. The Balaban J connectivity index is 1.64. The van der Waals surface area contributed by atoms with Crippen LogP contribution in [0.25, 0.3) is 11.0 Å². The summed E-state index contributed by atoms with van der Waals surface area (Å²) in [5, 5.41) is 7.92. The van der Waals surface area contributed by atoms with E-state index in [2.05, 4.69) is 17.3 Å². The van der Waals surface area contributed by atoms with Crippen molar-refractivity contribution in [2.75, 3.05) is 11.1 Å². The Morgan fingerprint density at radius 3 is 2.32 bits per heavy atom. The van der Waals surface area contributed by atoms with Gasteiger partial charge < -0.3 is 5.32 Å². The Morgan fingerprint density at radius 2 is 1.68 bits per heavy atom. The molecule has 4 aromatic rings. The van der Waals surface area contributed by atoms with Crippen molar-refractivity contribution in [1.82, 2.24) is 19.3 Å². The van der Waals surface area contributed by atoms with Crippen LogP contribution in [0.15, 0.2) is 58.5 Å². The zero-order chi connectivity index (χ0) is 24.2. The second kappa shape index (κ2) is 10.3. The second-order valence-electron chi connectivity index (χ2n) is 8.26. The summed E-state index contributed by atoms with van der Waals surface area (Å²) in [5.41, 5.74) is 5.77. The summed E-state index contributed by atoms with van der Waals surface area (Å²) >= 11 is 1.26. The van der Waals surface area contributed by atoms with Crippen LogP contribution in [0.1, 0.15) is 36.2 Å². The molecular weight excluding hydrogens is 446 g/mol. The van der Waals surface area contributed by atoms with Gasteiger partial charge in [0.2, 0.25) is 5.91 Å². The van der Waals surface area contributed by atoms with E-state index in [0.29, 0.717) is 35.0 Å². The number of fused-ring (bicyclic) bond motifs is 1. The largest absolute Gasteiger partial charge is 0.325 e. The van der Waals surface area contributed by atoms with E-state index >= 15 is 0 Å². The minimum atomic E-state index is -0.147. The van der Waals surface area contributed by atoms with Crippen molar-refractivity contribution < 1.29 is 4.79 Å². The predicted octanol–water partition coefficient (Wildman–Crippen LogP) is 4.57. The van der Waals surface area contributed by atoms with Gasteiger partial charge in [-0.25, -0.2) is 4.98 Å². The lowest BCUT2D eigenvalue weighted by atomic mass is 10.1. The minimum Gasteiger partial charge on any atom is -0.325 e. The number of carbonyl (C=O) groups is 1. The zero-order valence-corrected chi connectivity index (χ0v) is 20.8. The summed E-state index contributed by atoms with van der Waals surface area (Å²) in [6, 6.07) is 15.9. The molecule has 7 nitrogen and oxygen atoms in total. The summed E-state index contributed by atoms with van der Waals surface area (Å²) in [6.45, 7) is 8.88. The van der Waals surface area contributed by atoms with Crippen LogP contribution in [0, 0.1) is 13.8 Å². The van der Waals surface area contributed by atoms with Crippen LogP contribution in [-0.2, 0) is 24.3 Å². The number of nitrogens with zero attached hydrogens (tertiary/aromatic N) is 4. The Morgan fingerprint density at radius 1 is 1.00 bits per heavy atom. The van der Waals surface area contributed by atoms with Crippen molar-refractivity contribution in [3.05, 3.63) is 81.3 Å². The van der Waals surface area contributed by atoms with Gasteiger partial charge in [0.25, 0.3) is 5.56 Å². The molecule has 0 saturated carbocycles. The number of thioether (sulfide) groups is 1. The SMILES string of the molecule is CCc1ccc(NC(=O)CSc2nc3c(C)nn(CC)c3c(=O)n2Cc2ccc(C)cc2)cc1. The van der Waals surface area contributed by atoms with Gasteiger partial charge >= 0.3 is 0 Å². The van der Waals surface area contributed by atoms with E-state index in [4.69, 9.17) is 4.98 Å². The van der Waals surface area contributed by atoms with Gasteiger partial charge in [-0.15, -0.1) is 0 Å². The molecule has 0 bridgehead atoms. The Labute approximate surface area is 203 Å². The summed E-state index contributed by atoms with van der Waals surface area (Å²) in [5.74, 6) is -0.00559. The van der Waals surface area contributed by atoms with Crippen LogP contribution in [0.3, 0.4) is 0 Å². The maximum Gasteiger partial charge on any atom is 0.280 e. The number of hydrogen-bond acceptors (Lipinski definition) is 5. The summed E-state index contributed by atoms with van der Waals surface area (Å²) in [7, 11) is 0. The van der Waals surface area contributed by atoms with Crippen LogP contribution in [0.4, 0.5) is 5.69 Å². The minimum absolute atomic E-state index is 0.141. The fourth-order valence-electron chi connectivity index (χ4n) is 3.79. The van der Waals surface area contributed by atoms with Crippen LogP contribution < -0.4 is 10.9 Å². The van der Waals surface area contributed by atoms with E-state index in [-0.39, 0.29) is 17.2 Å². The molecule has 0 fully saturated rings. The average molecular weight is 476 g/mol. The van der Waals surface area contributed by atoms with Crippen molar-refractivity contribution in [2.45, 2.75) is 52.4 Å². The lowest BCUT2D eigenvalue weighted by molar-refractivity contribution is -0.113. The second-order valence-corrected chi connectivity index (χ2v) is 9.20. The van der Waals surface area contributed by atoms with Crippen LogP contribution >= 0.6 is 11.8 Å². The molecule has 0 radical (unpaired) electrons. The highest BCUT2D eigenvalue weighted by atomic mass is 32.2. The van der Waals surface area contributed by atoms with Crippen molar-refractivity contribution in [1.29, 1.82) is 0 Å². The molecule has 4 rings (SSSR count). The van der Waals surface area contributed by atoms with Gasteiger partial charge in [-0.3, -0.25) is 18.8 Å². The third-order valence-corrected chi connectivity index (χ3v) is 6.70. The molecule has 0 aliphatic rings. The third-order valence-electron chi connectivity index (χ3n) is 5.72. The van der Waals surface area contributed by atoms with Gasteiger partial charge in [-0.1, -0.05) is 60.6 Å². The molecule has 0 spiro atoms. The number of nitrogens with one attached hydrogen (secondary N) is 1. The van der Waals surface area contributed by atoms with Crippen molar-refractivity contribution >= 4 is 34.4 Å². The number of aryl methyl sites for hydroxylation is 4. The first-order chi connectivity index (χ1) is 16.4. The highest BCUT2D eigenvalue weighted by Gasteiger charge is 2.19. The fourth-order valence-corrected chi connectivity index (χ4v) is 4.59. The Hall–Kier alpha value is -3.39. The summed E-state index contributed by atoms with van der Waals surface area (Å²) < 4.78 is 3.35. The monoisotopic (exact) mass is 475 g/mol. The topological polar surface area (TPSA) is 81.8 Å². The van der Waals surface area contributed by atoms with Crippen LogP contribution in [0.5, 0.6) is 0 Å². The molecule has 2 heterocycles. The van der Waals surface area contributed by atoms with E-state index in [9.17, 15) is 9.59 Å². The third kappa shape index (κ3) is 5.07. The summed E-state index contributed by atoms with van der Waals surface area (Å²) in [4.78, 5) is 31.0. The van der Waals surface area contributed by atoms with E-state index in [1.165, 1.54) is 17.3 Å². The first kappa shape index (κ1) is 23.8. The normalized spacial score (nSPS) is 11.2. The van der Waals surface area contributed by atoms with Gasteiger partial charge in [0.05, 0.1) is 18.0 Å². The molecule has 1 N–H and O–H groups in total. The predicted molar refractivity (Wildman–Crippen MR) is 138 cm³/mol. The Kier molecular flexibility index (Phi) is 7.17. The van der Waals surface area contributed by atoms with Gasteiger partial charge in [0.15, 0.2) is 10.7 Å². The van der Waals surface area contributed by atoms with Crippen LogP contribution in [-0.4, -0.2) is 31.0 Å². The molecule has 1 amide bonds. The van der Waals surface area contributed by atoms with Crippen molar-refractivity contribution in [3.8, 4) is 0 Å². The number of hydrogen-bond donors (Lipinski definition) is 1. The van der Waals surface area contributed by atoms with Gasteiger partial charge in [0, 0.05) is 12.2 Å². The molecule has 0 aliphatic heterocycles.